The van der Waals surface area contributed by atoms with Crippen LogP contribution in [0.3, 0.4) is 0 Å². The zero-order chi connectivity index (χ0) is 11.6. The van der Waals surface area contributed by atoms with Gasteiger partial charge in [0.05, 0.1) is 13.0 Å². The molecule has 4 nitrogen and oxygen atoms in total. The topological polar surface area (TPSA) is 52.6 Å². The maximum absolute atomic E-state index is 11.8. The first-order chi connectivity index (χ1) is 7.69. The summed E-state index contributed by atoms with van der Waals surface area (Å²) in [5.74, 6) is -1.02. The van der Waals surface area contributed by atoms with E-state index in [-0.39, 0.29) is 13.0 Å². The number of cyclic esters (lactones) is 2. The van der Waals surface area contributed by atoms with E-state index >= 15 is 0 Å². The molecule has 1 aliphatic rings. The molecule has 0 spiro atoms. The van der Waals surface area contributed by atoms with Gasteiger partial charge in [-0.25, -0.2) is 0 Å². The molecule has 1 aromatic carbocycles. The van der Waals surface area contributed by atoms with Gasteiger partial charge < -0.3 is 9.47 Å². The van der Waals surface area contributed by atoms with E-state index in [1.165, 1.54) is 7.11 Å². The molecule has 84 valence electrons. The number of benzene rings is 1. The van der Waals surface area contributed by atoms with Crippen molar-refractivity contribution in [2.24, 2.45) is 0 Å². The van der Waals surface area contributed by atoms with Gasteiger partial charge in [-0.05, 0) is 5.56 Å². The van der Waals surface area contributed by atoms with E-state index in [0.29, 0.717) is 0 Å². The maximum atomic E-state index is 11.8. The molecule has 16 heavy (non-hydrogen) atoms. The number of esters is 2. The second-order valence-electron chi connectivity index (χ2n) is 3.82. The SMILES string of the molecule is COCC1(c2ccccc2)CC(=O)OC1=O. The van der Waals surface area contributed by atoms with Gasteiger partial charge in [-0.15, -0.1) is 0 Å². The minimum Gasteiger partial charge on any atom is -0.392 e. The monoisotopic (exact) mass is 220 g/mol. The summed E-state index contributed by atoms with van der Waals surface area (Å²) in [7, 11) is 1.50. The lowest BCUT2D eigenvalue weighted by atomic mass is 9.80. The number of rotatable bonds is 3. The Labute approximate surface area is 93.2 Å². The average molecular weight is 220 g/mol. The van der Waals surface area contributed by atoms with Crippen LogP contribution in [0.25, 0.3) is 0 Å². The highest BCUT2D eigenvalue weighted by atomic mass is 16.6. The Hall–Kier alpha value is -1.68. The normalized spacial score (nSPS) is 24.6. The molecular formula is C12H12O4. The summed E-state index contributed by atoms with van der Waals surface area (Å²) < 4.78 is 9.68. The molecule has 0 N–H and O–H groups in total. The van der Waals surface area contributed by atoms with Crippen molar-refractivity contribution >= 4 is 11.9 Å². The number of carbonyl (C=O) groups is 2. The number of methoxy groups -OCH3 is 1. The fourth-order valence-electron chi connectivity index (χ4n) is 1.97. The molecule has 1 heterocycles. The predicted molar refractivity (Wildman–Crippen MR) is 55.7 cm³/mol. The standard InChI is InChI=1S/C12H12O4/c1-15-8-12(7-10(13)16-11(12)14)9-5-3-2-4-6-9/h2-6H,7-8H2,1H3. The van der Waals surface area contributed by atoms with Crippen LogP contribution in [-0.2, 0) is 24.5 Å². The number of ether oxygens (including phenoxy) is 2. The molecule has 1 atom stereocenters. The number of hydrogen-bond acceptors (Lipinski definition) is 4. The van der Waals surface area contributed by atoms with Gasteiger partial charge in [-0.3, -0.25) is 9.59 Å². The maximum Gasteiger partial charge on any atom is 0.327 e. The van der Waals surface area contributed by atoms with Crippen LogP contribution in [0.2, 0.25) is 0 Å². The lowest BCUT2D eigenvalue weighted by Gasteiger charge is -2.22. The van der Waals surface area contributed by atoms with E-state index in [2.05, 4.69) is 4.74 Å². The van der Waals surface area contributed by atoms with Gasteiger partial charge in [-0.2, -0.15) is 0 Å². The second kappa shape index (κ2) is 4.06. The summed E-state index contributed by atoms with van der Waals surface area (Å²) >= 11 is 0. The molecule has 1 unspecified atom stereocenters. The fraction of sp³-hybridized carbons (Fsp3) is 0.333. The molecular weight excluding hydrogens is 208 g/mol. The predicted octanol–water partition coefficient (Wildman–Crippen LogP) is 1.04. The van der Waals surface area contributed by atoms with Crippen LogP contribution in [0.1, 0.15) is 12.0 Å². The minimum absolute atomic E-state index is 0.0453. The van der Waals surface area contributed by atoms with Crippen molar-refractivity contribution in [1.82, 2.24) is 0 Å². The van der Waals surface area contributed by atoms with Crippen molar-refractivity contribution in [3.8, 4) is 0 Å². The highest BCUT2D eigenvalue weighted by Crippen LogP contribution is 2.35. The molecule has 0 bridgehead atoms. The van der Waals surface area contributed by atoms with Gasteiger partial charge in [0.15, 0.2) is 0 Å². The molecule has 0 aromatic heterocycles. The first-order valence-corrected chi connectivity index (χ1v) is 4.98. The van der Waals surface area contributed by atoms with Crippen molar-refractivity contribution in [3.63, 3.8) is 0 Å². The van der Waals surface area contributed by atoms with Crippen LogP contribution in [0.5, 0.6) is 0 Å². The smallest absolute Gasteiger partial charge is 0.327 e. The van der Waals surface area contributed by atoms with Crippen LogP contribution >= 0.6 is 0 Å². The lowest BCUT2D eigenvalue weighted by Crippen LogP contribution is -2.36. The van der Waals surface area contributed by atoms with E-state index in [4.69, 9.17) is 4.74 Å². The lowest BCUT2D eigenvalue weighted by molar-refractivity contribution is -0.154. The van der Waals surface area contributed by atoms with Gasteiger partial charge in [0.25, 0.3) is 0 Å². The molecule has 0 aliphatic carbocycles. The van der Waals surface area contributed by atoms with Crippen molar-refractivity contribution in [2.75, 3.05) is 13.7 Å². The summed E-state index contributed by atoms with van der Waals surface area (Å²) in [4.78, 5) is 23.0. The Morgan fingerprint density at radius 2 is 2.00 bits per heavy atom. The van der Waals surface area contributed by atoms with Crippen LogP contribution in [0.4, 0.5) is 0 Å². The molecule has 1 fully saturated rings. The van der Waals surface area contributed by atoms with Crippen molar-refractivity contribution < 1.29 is 19.1 Å². The van der Waals surface area contributed by atoms with E-state index in [1.54, 1.807) is 12.1 Å². The third-order valence-electron chi connectivity index (χ3n) is 2.76. The van der Waals surface area contributed by atoms with Gasteiger partial charge in [0.2, 0.25) is 0 Å². The van der Waals surface area contributed by atoms with Crippen molar-refractivity contribution in [1.29, 1.82) is 0 Å². The van der Waals surface area contributed by atoms with Crippen LogP contribution in [0.15, 0.2) is 30.3 Å². The molecule has 1 aliphatic heterocycles. The van der Waals surface area contributed by atoms with Crippen molar-refractivity contribution in [3.05, 3.63) is 35.9 Å². The summed E-state index contributed by atoms with van der Waals surface area (Å²) in [6, 6.07) is 9.11. The molecule has 2 rings (SSSR count). The average Bonchev–Trinajstić information content (AvgIpc) is 2.57. The third kappa shape index (κ3) is 1.61. The van der Waals surface area contributed by atoms with Crippen LogP contribution in [0, 0.1) is 0 Å². The van der Waals surface area contributed by atoms with Gasteiger partial charge in [0.1, 0.15) is 5.41 Å². The molecule has 0 amide bonds. The minimum atomic E-state index is -0.965. The van der Waals surface area contributed by atoms with Crippen LogP contribution < -0.4 is 0 Å². The molecule has 4 heteroatoms. The quantitative estimate of drug-likeness (QED) is 0.564. The first-order valence-electron chi connectivity index (χ1n) is 4.98. The summed E-state index contributed by atoms with van der Waals surface area (Å²) in [5.41, 5.74) is -0.208. The highest BCUT2D eigenvalue weighted by Gasteiger charge is 2.50. The molecule has 0 saturated carbocycles. The summed E-state index contributed by atoms with van der Waals surface area (Å²) in [6.45, 7) is 0.154. The third-order valence-corrected chi connectivity index (χ3v) is 2.76. The van der Waals surface area contributed by atoms with Gasteiger partial charge >= 0.3 is 11.9 Å². The van der Waals surface area contributed by atoms with Crippen molar-refractivity contribution in [2.45, 2.75) is 11.8 Å². The Balaban J connectivity index is 2.44. The highest BCUT2D eigenvalue weighted by molar-refractivity contribution is 6.01. The molecule has 0 radical (unpaired) electrons. The molecule has 1 aromatic rings. The summed E-state index contributed by atoms with van der Waals surface area (Å²) in [6.07, 6.45) is 0.0453. The zero-order valence-electron chi connectivity index (χ0n) is 8.93. The Morgan fingerprint density at radius 1 is 1.31 bits per heavy atom. The Bertz CT molecular complexity index is 412. The van der Waals surface area contributed by atoms with Gasteiger partial charge in [-0.1, -0.05) is 30.3 Å². The second-order valence-corrected chi connectivity index (χ2v) is 3.82. The van der Waals surface area contributed by atoms with Gasteiger partial charge in [0, 0.05) is 7.11 Å². The van der Waals surface area contributed by atoms with E-state index < -0.39 is 17.4 Å². The van der Waals surface area contributed by atoms with Crippen LogP contribution in [-0.4, -0.2) is 25.7 Å². The first kappa shape index (κ1) is 10.8. The Kier molecular flexibility index (Phi) is 2.75. The van der Waals surface area contributed by atoms with E-state index in [1.807, 2.05) is 18.2 Å². The van der Waals surface area contributed by atoms with E-state index in [0.717, 1.165) is 5.56 Å². The Morgan fingerprint density at radius 3 is 2.50 bits per heavy atom. The number of hydrogen-bond donors (Lipinski definition) is 0. The zero-order valence-corrected chi connectivity index (χ0v) is 8.93. The fourth-order valence-corrected chi connectivity index (χ4v) is 1.97. The summed E-state index contributed by atoms with van der Waals surface area (Å²) in [5, 5.41) is 0. The molecule has 1 saturated heterocycles. The number of carbonyl (C=O) groups excluding carboxylic acids is 2. The largest absolute Gasteiger partial charge is 0.392 e. The van der Waals surface area contributed by atoms with E-state index in [9.17, 15) is 9.59 Å².